The van der Waals surface area contributed by atoms with Crippen LogP contribution in [-0.4, -0.2) is 20.7 Å². The van der Waals surface area contributed by atoms with Crippen LogP contribution in [0, 0.1) is 0 Å². The summed E-state index contributed by atoms with van der Waals surface area (Å²) in [5.74, 6) is -0.282. The lowest BCUT2D eigenvalue weighted by Crippen LogP contribution is -2.16. The van der Waals surface area contributed by atoms with E-state index in [1.807, 2.05) is 43.3 Å². The van der Waals surface area contributed by atoms with Crippen LogP contribution in [0.25, 0.3) is 11.0 Å². The van der Waals surface area contributed by atoms with Gasteiger partial charge in [-0.25, -0.2) is 4.98 Å². The summed E-state index contributed by atoms with van der Waals surface area (Å²) >= 11 is 1.59. The van der Waals surface area contributed by atoms with E-state index in [-0.39, 0.29) is 11.2 Å². The zero-order valence-corrected chi connectivity index (χ0v) is 13.8. The van der Waals surface area contributed by atoms with Crippen LogP contribution in [0.1, 0.15) is 18.9 Å². The number of para-hydroxylation sites is 2. The summed E-state index contributed by atoms with van der Waals surface area (Å²) in [5.41, 5.74) is 8.60. The summed E-state index contributed by atoms with van der Waals surface area (Å²) in [6.45, 7) is 2.76. The number of rotatable bonds is 6. The van der Waals surface area contributed by atoms with Crippen LogP contribution >= 0.6 is 11.8 Å². The van der Waals surface area contributed by atoms with Gasteiger partial charge in [0.25, 0.3) is 0 Å². The molecule has 0 aliphatic heterocycles. The Labute approximate surface area is 139 Å². The summed E-state index contributed by atoms with van der Waals surface area (Å²) in [6, 6.07) is 18.4. The van der Waals surface area contributed by atoms with Crippen molar-refractivity contribution in [2.75, 3.05) is 0 Å². The Hall–Kier alpha value is -2.27. The number of carbonyl (C=O) groups excluding carboxylic acids is 1. The van der Waals surface area contributed by atoms with E-state index < -0.39 is 0 Å². The van der Waals surface area contributed by atoms with E-state index >= 15 is 0 Å². The molecule has 1 aromatic heterocycles. The highest BCUT2D eigenvalue weighted by molar-refractivity contribution is 7.99. The lowest BCUT2D eigenvalue weighted by Gasteiger charge is -2.12. The SMILES string of the molecule is CC(CC(N)=O)Sc1nc2ccccc2n1Cc1ccccc1. The number of thioether (sulfide) groups is 1. The van der Waals surface area contributed by atoms with E-state index in [9.17, 15) is 4.79 Å². The van der Waals surface area contributed by atoms with Crippen LogP contribution in [0.15, 0.2) is 59.8 Å². The van der Waals surface area contributed by atoms with Crippen molar-refractivity contribution < 1.29 is 4.79 Å². The third-order valence-corrected chi connectivity index (χ3v) is 4.69. The third kappa shape index (κ3) is 3.74. The standard InChI is InChI=1S/C18H19N3OS/c1-13(11-17(19)22)23-18-20-15-9-5-6-10-16(15)21(18)12-14-7-3-2-4-8-14/h2-10,13H,11-12H2,1H3,(H2,19,22). The van der Waals surface area contributed by atoms with Gasteiger partial charge < -0.3 is 10.3 Å². The van der Waals surface area contributed by atoms with Crippen LogP contribution in [0.4, 0.5) is 0 Å². The van der Waals surface area contributed by atoms with Gasteiger partial charge in [0.2, 0.25) is 5.91 Å². The highest BCUT2D eigenvalue weighted by Gasteiger charge is 2.15. The number of carbonyl (C=O) groups is 1. The van der Waals surface area contributed by atoms with Crippen LogP contribution in [-0.2, 0) is 11.3 Å². The fourth-order valence-electron chi connectivity index (χ4n) is 2.57. The Morgan fingerprint density at radius 3 is 2.61 bits per heavy atom. The number of fused-ring (bicyclic) bond motifs is 1. The second-order valence-electron chi connectivity index (χ2n) is 5.55. The van der Waals surface area contributed by atoms with Crippen LogP contribution < -0.4 is 5.73 Å². The molecular weight excluding hydrogens is 306 g/mol. The number of primary amides is 1. The fourth-order valence-corrected chi connectivity index (χ4v) is 3.62. The van der Waals surface area contributed by atoms with Crippen molar-refractivity contribution >= 4 is 28.7 Å². The highest BCUT2D eigenvalue weighted by atomic mass is 32.2. The van der Waals surface area contributed by atoms with E-state index in [0.717, 1.165) is 22.7 Å². The minimum atomic E-state index is -0.282. The molecule has 0 fully saturated rings. The molecule has 1 atom stereocenters. The molecule has 118 valence electrons. The molecule has 0 spiro atoms. The highest BCUT2D eigenvalue weighted by Crippen LogP contribution is 2.29. The number of nitrogens with zero attached hydrogens (tertiary/aromatic N) is 2. The number of aromatic nitrogens is 2. The Morgan fingerprint density at radius 2 is 1.87 bits per heavy atom. The zero-order valence-electron chi connectivity index (χ0n) is 13.0. The fraction of sp³-hybridized carbons (Fsp3) is 0.222. The Balaban J connectivity index is 1.96. The maximum absolute atomic E-state index is 11.1. The summed E-state index contributed by atoms with van der Waals surface area (Å²) < 4.78 is 2.20. The minimum Gasteiger partial charge on any atom is -0.370 e. The maximum Gasteiger partial charge on any atom is 0.218 e. The van der Waals surface area contributed by atoms with Crippen LogP contribution in [0.3, 0.4) is 0 Å². The Morgan fingerprint density at radius 1 is 1.17 bits per heavy atom. The smallest absolute Gasteiger partial charge is 0.218 e. The van der Waals surface area contributed by atoms with Gasteiger partial charge in [-0.2, -0.15) is 0 Å². The molecule has 3 aromatic rings. The summed E-state index contributed by atoms with van der Waals surface area (Å²) in [7, 11) is 0. The third-order valence-electron chi connectivity index (χ3n) is 3.60. The number of hydrogen-bond acceptors (Lipinski definition) is 3. The normalized spacial score (nSPS) is 12.4. The topological polar surface area (TPSA) is 60.9 Å². The van der Waals surface area contributed by atoms with Crippen molar-refractivity contribution in [3.63, 3.8) is 0 Å². The van der Waals surface area contributed by atoms with Crippen molar-refractivity contribution in [1.82, 2.24) is 9.55 Å². The minimum absolute atomic E-state index is 0.0961. The first-order valence-corrected chi connectivity index (χ1v) is 8.45. The first-order valence-electron chi connectivity index (χ1n) is 7.57. The number of benzene rings is 2. The number of imidazole rings is 1. The number of amides is 1. The van der Waals surface area contributed by atoms with Gasteiger partial charge >= 0.3 is 0 Å². The van der Waals surface area contributed by atoms with Gasteiger partial charge in [0.1, 0.15) is 0 Å². The van der Waals surface area contributed by atoms with Crippen LogP contribution in [0.2, 0.25) is 0 Å². The molecule has 0 bridgehead atoms. The van der Waals surface area contributed by atoms with Crippen molar-refractivity contribution in [1.29, 1.82) is 0 Å². The Bertz CT molecular complexity index is 814. The number of nitrogens with two attached hydrogens (primary N) is 1. The summed E-state index contributed by atoms with van der Waals surface area (Å²) in [6.07, 6.45) is 0.346. The van der Waals surface area contributed by atoms with E-state index in [2.05, 4.69) is 22.8 Å². The van der Waals surface area contributed by atoms with Crippen LogP contribution in [0.5, 0.6) is 0 Å². The number of hydrogen-bond donors (Lipinski definition) is 1. The molecule has 2 aromatic carbocycles. The van der Waals surface area contributed by atoms with Gasteiger partial charge in [-0.3, -0.25) is 4.79 Å². The largest absolute Gasteiger partial charge is 0.370 e. The van der Waals surface area contributed by atoms with E-state index in [1.54, 1.807) is 11.8 Å². The van der Waals surface area contributed by atoms with Crippen molar-refractivity contribution in [2.24, 2.45) is 5.73 Å². The molecular formula is C18H19N3OS. The molecule has 1 heterocycles. The van der Waals surface area contributed by atoms with Gasteiger partial charge in [-0.1, -0.05) is 61.2 Å². The van der Waals surface area contributed by atoms with Gasteiger partial charge in [0.15, 0.2) is 5.16 Å². The molecule has 2 N–H and O–H groups in total. The first-order chi connectivity index (χ1) is 11.1. The van der Waals surface area contributed by atoms with Gasteiger partial charge in [0, 0.05) is 11.7 Å². The Kier molecular flexibility index (Phi) is 4.67. The van der Waals surface area contributed by atoms with Gasteiger partial charge in [-0.15, -0.1) is 0 Å². The summed E-state index contributed by atoms with van der Waals surface area (Å²) in [4.78, 5) is 15.9. The molecule has 0 saturated heterocycles. The average molecular weight is 325 g/mol. The predicted molar refractivity (Wildman–Crippen MR) is 94.4 cm³/mol. The molecule has 0 saturated carbocycles. The van der Waals surface area contributed by atoms with Gasteiger partial charge in [0.05, 0.1) is 17.6 Å². The molecule has 0 radical (unpaired) electrons. The lowest BCUT2D eigenvalue weighted by molar-refractivity contribution is -0.117. The first kappa shape index (κ1) is 15.6. The van der Waals surface area contributed by atoms with Crippen molar-refractivity contribution in [3.05, 3.63) is 60.2 Å². The second kappa shape index (κ2) is 6.87. The van der Waals surface area contributed by atoms with E-state index in [0.29, 0.717) is 6.42 Å². The molecule has 1 unspecified atom stereocenters. The predicted octanol–water partition coefficient (Wildman–Crippen LogP) is 3.44. The molecule has 5 heteroatoms. The molecule has 23 heavy (non-hydrogen) atoms. The maximum atomic E-state index is 11.1. The molecule has 0 aliphatic carbocycles. The van der Waals surface area contributed by atoms with Gasteiger partial charge in [-0.05, 0) is 17.7 Å². The monoisotopic (exact) mass is 325 g/mol. The molecule has 1 amide bonds. The molecule has 3 rings (SSSR count). The quantitative estimate of drug-likeness (QED) is 0.706. The zero-order chi connectivity index (χ0) is 16.2. The molecule has 4 nitrogen and oxygen atoms in total. The van der Waals surface area contributed by atoms with E-state index in [1.165, 1.54) is 5.56 Å². The van der Waals surface area contributed by atoms with Crippen molar-refractivity contribution in [2.45, 2.75) is 30.3 Å². The van der Waals surface area contributed by atoms with Crippen molar-refractivity contribution in [3.8, 4) is 0 Å². The molecule has 0 aliphatic rings. The summed E-state index contributed by atoms with van der Waals surface area (Å²) in [5, 5.41) is 1.02. The average Bonchev–Trinajstić information content (AvgIpc) is 2.85. The van der Waals surface area contributed by atoms with E-state index in [4.69, 9.17) is 10.7 Å². The second-order valence-corrected chi connectivity index (χ2v) is 6.96. The lowest BCUT2D eigenvalue weighted by atomic mass is 10.2.